The summed E-state index contributed by atoms with van der Waals surface area (Å²) in [4.78, 5) is 5.65. The molecule has 2 rings (SSSR count). The smallest absolute Gasteiger partial charge is 0.292 e. The quantitative estimate of drug-likeness (QED) is 0.776. The standard InChI is InChI=1S/C15H16F3N3O2S/c1-2-3-11-4-7-13(8-5-11)24(22,23)21-20-14-9-6-12(10-19-14)15(16,17)18/h4-10,21H,2-3H2,1H3,(H,19,20). The Bertz CT molecular complexity index is 773. The van der Waals surface area contributed by atoms with Crippen molar-refractivity contribution < 1.29 is 21.6 Å². The minimum Gasteiger partial charge on any atom is -0.292 e. The average Bonchev–Trinajstić information content (AvgIpc) is 2.53. The molecule has 1 heterocycles. The van der Waals surface area contributed by atoms with Gasteiger partial charge in [0.05, 0.1) is 10.5 Å². The Morgan fingerprint density at radius 2 is 1.75 bits per heavy atom. The van der Waals surface area contributed by atoms with Gasteiger partial charge in [-0.1, -0.05) is 25.5 Å². The molecule has 2 N–H and O–H groups in total. The molecule has 0 atom stereocenters. The minimum atomic E-state index is -4.49. The summed E-state index contributed by atoms with van der Waals surface area (Å²) >= 11 is 0. The summed E-state index contributed by atoms with van der Waals surface area (Å²) in [5.74, 6) is -0.0471. The summed E-state index contributed by atoms with van der Waals surface area (Å²) in [5, 5.41) is 0. The summed E-state index contributed by atoms with van der Waals surface area (Å²) in [6, 6.07) is 8.21. The molecular formula is C15H16F3N3O2S. The second kappa shape index (κ2) is 7.18. The summed E-state index contributed by atoms with van der Waals surface area (Å²) in [5.41, 5.74) is 2.39. The number of nitrogens with zero attached hydrogens (tertiary/aromatic N) is 1. The molecule has 0 saturated carbocycles. The Morgan fingerprint density at radius 3 is 2.25 bits per heavy atom. The lowest BCUT2D eigenvalue weighted by atomic mass is 10.1. The van der Waals surface area contributed by atoms with E-state index >= 15 is 0 Å². The molecule has 24 heavy (non-hydrogen) atoms. The summed E-state index contributed by atoms with van der Waals surface area (Å²) in [7, 11) is -3.85. The van der Waals surface area contributed by atoms with E-state index in [0.29, 0.717) is 6.20 Å². The van der Waals surface area contributed by atoms with E-state index in [4.69, 9.17) is 0 Å². The summed E-state index contributed by atoms with van der Waals surface area (Å²) < 4.78 is 61.5. The molecule has 2 aromatic rings. The normalized spacial score (nSPS) is 12.2. The molecule has 0 aliphatic carbocycles. The average molecular weight is 359 g/mol. The van der Waals surface area contributed by atoms with Gasteiger partial charge in [0.15, 0.2) is 0 Å². The summed E-state index contributed by atoms with van der Waals surface area (Å²) in [6.45, 7) is 2.02. The van der Waals surface area contributed by atoms with E-state index in [0.717, 1.165) is 30.5 Å². The lowest BCUT2D eigenvalue weighted by molar-refractivity contribution is -0.137. The molecule has 5 nitrogen and oxygen atoms in total. The zero-order chi connectivity index (χ0) is 17.8. The van der Waals surface area contributed by atoms with Crippen LogP contribution in [0, 0.1) is 0 Å². The number of nitrogens with one attached hydrogen (secondary N) is 2. The number of hydrogen-bond donors (Lipinski definition) is 2. The predicted molar refractivity (Wildman–Crippen MR) is 83.6 cm³/mol. The number of pyridine rings is 1. The molecular weight excluding hydrogens is 343 g/mol. The molecule has 0 spiro atoms. The highest BCUT2D eigenvalue weighted by atomic mass is 32.2. The van der Waals surface area contributed by atoms with E-state index in [-0.39, 0.29) is 10.7 Å². The topological polar surface area (TPSA) is 71.1 Å². The maximum atomic E-state index is 12.4. The van der Waals surface area contributed by atoms with Gasteiger partial charge in [-0.2, -0.15) is 13.2 Å². The highest BCUT2D eigenvalue weighted by molar-refractivity contribution is 7.89. The number of aryl methyl sites for hydroxylation is 1. The van der Waals surface area contributed by atoms with Crippen LogP contribution < -0.4 is 10.3 Å². The number of sulfonamides is 1. The van der Waals surface area contributed by atoms with E-state index < -0.39 is 21.8 Å². The third-order valence-electron chi connectivity index (χ3n) is 3.18. The van der Waals surface area contributed by atoms with Gasteiger partial charge in [0.25, 0.3) is 10.0 Å². The highest BCUT2D eigenvalue weighted by Gasteiger charge is 2.30. The largest absolute Gasteiger partial charge is 0.417 e. The lowest BCUT2D eigenvalue weighted by Crippen LogP contribution is -2.30. The van der Waals surface area contributed by atoms with Crippen LogP contribution in [0.1, 0.15) is 24.5 Å². The number of rotatable bonds is 6. The molecule has 0 amide bonds. The molecule has 9 heteroatoms. The van der Waals surface area contributed by atoms with Gasteiger partial charge in [0, 0.05) is 6.20 Å². The van der Waals surface area contributed by atoms with Crippen molar-refractivity contribution in [2.45, 2.75) is 30.8 Å². The van der Waals surface area contributed by atoms with Crippen LogP contribution in [0.25, 0.3) is 0 Å². The van der Waals surface area contributed by atoms with Crippen molar-refractivity contribution >= 4 is 15.8 Å². The van der Waals surface area contributed by atoms with Crippen LogP contribution in [-0.4, -0.2) is 13.4 Å². The van der Waals surface area contributed by atoms with E-state index in [1.807, 2.05) is 6.92 Å². The predicted octanol–water partition coefficient (Wildman–Crippen LogP) is 3.36. The molecule has 1 aromatic carbocycles. The number of benzene rings is 1. The van der Waals surface area contributed by atoms with Crippen molar-refractivity contribution in [3.8, 4) is 0 Å². The molecule has 0 saturated heterocycles. The van der Waals surface area contributed by atoms with E-state index in [2.05, 4.69) is 15.2 Å². The van der Waals surface area contributed by atoms with Crippen LogP contribution >= 0.6 is 0 Å². The monoisotopic (exact) mass is 359 g/mol. The van der Waals surface area contributed by atoms with Crippen LogP contribution in [0.4, 0.5) is 19.0 Å². The van der Waals surface area contributed by atoms with Crippen molar-refractivity contribution in [3.63, 3.8) is 0 Å². The molecule has 0 radical (unpaired) electrons. The van der Waals surface area contributed by atoms with Gasteiger partial charge in [-0.05, 0) is 36.2 Å². The fourth-order valence-electron chi connectivity index (χ4n) is 1.94. The first-order chi connectivity index (χ1) is 11.2. The van der Waals surface area contributed by atoms with Gasteiger partial charge < -0.3 is 0 Å². The van der Waals surface area contributed by atoms with Crippen molar-refractivity contribution in [3.05, 3.63) is 53.7 Å². The van der Waals surface area contributed by atoms with Crippen molar-refractivity contribution in [2.75, 3.05) is 5.43 Å². The second-order valence-electron chi connectivity index (χ2n) is 5.05. The molecule has 1 aromatic heterocycles. The van der Waals surface area contributed by atoms with Gasteiger partial charge in [-0.15, -0.1) is 4.83 Å². The fraction of sp³-hybridized carbons (Fsp3) is 0.267. The van der Waals surface area contributed by atoms with Crippen molar-refractivity contribution in [1.29, 1.82) is 0 Å². The Kier molecular flexibility index (Phi) is 5.45. The number of hydrazine groups is 1. The molecule has 0 aliphatic rings. The van der Waals surface area contributed by atoms with Gasteiger partial charge in [0.2, 0.25) is 0 Å². The van der Waals surface area contributed by atoms with E-state index in [1.165, 1.54) is 12.1 Å². The van der Waals surface area contributed by atoms with Crippen molar-refractivity contribution in [2.24, 2.45) is 0 Å². The third-order valence-corrected chi connectivity index (χ3v) is 4.44. The molecule has 130 valence electrons. The Balaban J connectivity index is 2.04. The van der Waals surface area contributed by atoms with Gasteiger partial charge in [-0.25, -0.2) is 13.4 Å². The SMILES string of the molecule is CCCc1ccc(S(=O)(=O)NNc2ccc(C(F)(F)F)cn2)cc1. The molecule has 0 fully saturated rings. The van der Waals surface area contributed by atoms with Gasteiger partial charge in [0.1, 0.15) is 5.82 Å². The maximum Gasteiger partial charge on any atom is 0.417 e. The number of aromatic nitrogens is 1. The Labute approximate surface area is 137 Å². The van der Waals surface area contributed by atoms with Crippen LogP contribution in [0.5, 0.6) is 0 Å². The first-order valence-electron chi connectivity index (χ1n) is 7.12. The fourth-order valence-corrected chi connectivity index (χ4v) is 2.79. The van der Waals surface area contributed by atoms with Crippen LogP contribution in [0.3, 0.4) is 0 Å². The first kappa shape index (κ1) is 18.2. The Hall–Kier alpha value is -2.13. The van der Waals surface area contributed by atoms with Crippen LogP contribution in [0.15, 0.2) is 47.5 Å². The van der Waals surface area contributed by atoms with Gasteiger partial charge >= 0.3 is 6.18 Å². The number of halogens is 3. The number of hydrogen-bond acceptors (Lipinski definition) is 4. The number of alkyl halides is 3. The molecule has 0 unspecified atom stereocenters. The highest BCUT2D eigenvalue weighted by Crippen LogP contribution is 2.28. The van der Waals surface area contributed by atoms with Crippen LogP contribution in [0.2, 0.25) is 0 Å². The van der Waals surface area contributed by atoms with E-state index in [1.54, 1.807) is 12.1 Å². The second-order valence-corrected chi connectivity index (χ2v) is 6.74. The molecule has 0 bridgehead atoms. The minimum absolute atomic E-state index is 0.0433. The molecule has 0 aliphatic heterocycles. The maximum absolute atomic E-state index is 12.4. The zero-order valence-electron chi connectivity index (χ0n) is 12.8. The Morgan fingerprint density at radius 1 is 1.08 bits per heavy atom. The van der Waals surface area contributed by atoms with Gasteiger partial charge in [-0.3, -0.25) is 5.43 Å². The summed E-state index contributed by atoms with van der Waals surface area (Å²) in [6.07, 6.45) is -2.07. The van der Waals surface area contributed by atoms with E-state index in [9.17, 15) is 21.6 Å². The number of anilines is 1. The van der Waals surface area contributed by atoms with Crippen molar-refractivity contribution in [1.82, 2.24) is 9.82 Å². The van der Waals surface area contributed by atoms with Crippen LogP contribution in [-0.2, 0) is 22.6 Å². The lowest BCUT2D eigenvalue weighted by Gasteiger charge is -2.10. The first-order valence-corrected chi connectivity index (χ1v) is 8.60. The zero-order valence-corrected chi connectivity index (χ0v) is 13.6. The third kappa shape index (κ3) is 4.68.